The van der Waals surface area contributed by atoms with Gasteiger partial charge in [0.05, 0.1) is 25.4 Å². The summed E-state index contributed by atoms with van der Waals surface area (Å²) in [5.74, 6) is -4.08. The van der Waals surface area contributed by atoms with Crippen LogP contribution < -0.4 is 0 Å². The Morgan fingerprint density at radius 2 is 1.80 bits per heavy atom. The molecule has 0 saturated carbocycles. The van der Waals surface area contributed by atoms with Gasteiger partial charge >= 0.3 is 11.9 Å². The van der Waals surface area contributed by atoms with Gasteiger partial charge in [-0.2, -0.15) is 0 Å². The van der Waals surface area contributed by atoms with Crippen molar-refractivity contribution < 1.29 is 39.5 Å². The van der Waals surface area contributed by atoms with Crippen LogP contribution in [0.4, 0.5) is 0 Å². The van der Waals surface area contributed by atoms with Gasteiger partial charge in [-0.15, -0.1) is 0 Å². The van der Waals surface area contributed by atoms with E-state index in [2.05, 4.69) is 0 Å². The maximum absolute atomic E-state index is 11.7. The first-order chi connectivity index (χ1) is 9.49. The van der Waals surface area contributed by atoms with Crippen molar-refractivity contribution in [3.8, 4) is 11.5 Å². The Bertz CT molecular complexity index is 496. The molecule has 1 aromatic carbocycles. The fourth-order valence-corrected chi connectivity index (χ4v) is 1.40. The summed E-state index contributed by atoms with van der Waals surface area (Å²) >= 11 is 0. The lowest BCUT2D eigenvalue weighted by Gasteiger charge is -2.09. The number of carboxylic acid groups (broad SMARTS) is 1. The summed E-state index contributed by atoms with van der Waals surface area (Å²) in [6.07, 6.45) is 0. The summed E-state index contributed by atoms with van der Waals surface area (Å²) in [5, 5.41) is 36.1. The van der Waals surface area contributed by atoms with Crippen LogP contribution in [0.3, 0.4) is 0 Å². The SMILES string of the molecule is O=C(OCCOCCO)c1ccc(O)c(O)c1C(=O)O. The smallest absolute Gasteiger partial charge is 0.340 e. The second-order valence-corrected chi connectivity index (χ2v) is 3.63. The third-order valence-corrected chi connectivity index (χ3v) is 2.29. The average Bonchev–Trinajstić information content (AvgIpc) is 2.40. The van der Waals surface area contributed by atoms with Crippen molar-refractivity contribution in [2.75, 3.05) is 26.4 Å². The molecule has 0 aliphatic carbocycles. The largest absolute Gasteiger partial charge is 0.504 e. The first kappa shape index (κ1) is 15.7. The molecule has 8 heteroatoms. The van der Waals surface area contributed by atoms with Gasteiger partial charge in [0.1, 0.15) is 12.2 Å². The average molecular weight is 286 g/mol. The fourth-order valence-electron chi connectivity index (χ4n) is 1.40. The van der Waals surface area contributed by atoms with Crippen molar-refractivity contribution in [1.82, 2.24) is 0 Å². The molecule has 0 atom stereocenters. The van der Waals surface area contributed by atoms with E-state index in [1.165, 1.54) is 0 Å². The number of hydrogen-bond acceptors (Lipinski definition) is 7. The number of carbonyl (C=O) groups is 2. The Morgan fingerprint density at radius 1 is 1.10 bits per heavy atom. The molecule has 0 aromatic heterocycles. The molecular weight excluding hydrogens is 272 g/mol. The van der Waals surface area contributed by atoms with Crippen molar-refractivity contribution in [3.05, 3.63) is 23.3 Å². The van der Waals surface area contributed by atoms with E-state index in [0.717, 1.165) is 12.1 Å². The van der Waals surface area contributed by atoms with Crippen LogP contribution in [-0.4, -0.2) is 58.8 Å². The van der Waals surface area contributed by atoms with Crippen LogP contribution in [-0.2, 0) is 9.47 Å². The lowest BCUT2D eigenvalue weighted by Crippen LogP contribution is -2.15. The zero-order chi connectivity index (χ0) is 15.1. The van der Waals surface area contributed by atoms with E-state index in [1.807, 2.05) is 0 Å². The predicted molar refractivity (Wildman–Crippen MR) is 64.9 cm³/mol. The topological polar surface area (TPSA) is 134 Å². The number of phenols is 2. The van der Waals surface area contributed by atoms with E-state index in [1.54, 1.807) is 0 Å². The second-order valence-electron chi connectivity index (χ2n) is 3.63. The number of aliphatic hydroxyl groups excluding tert-OH is 1. The van der Waals surface area contributed by atoms with E-state index >= 15 is 0 Å². The number of ether oxygens (including phenoxy) is 2. The van der Waals surface area contributed by atoms with E-state index in [9.17, 15) is 19.8 Å². The maximum Gasteiger partial charge on any atom is 0.340 e. The number of phenolic OH excluding ortho intramolecular Hbond substituents is 1. The molecule has 0 spiro atoms. The van der Waals surface area contributed by atoms with E-state index < -0.39 is 29.0 Å². The molecule has 110 valence electrons. The van der Waals surface area contributed by atoms with E-state index in [0.29, 0.717) is 0 Å². The highest BCUT2D eigenvalue weighted by Crippen LogP contribution is 2.31. The summed E-state index contributed by atoms with van der Waals surface area (Å²) in [5.41, 5.74) is -1.11. The van der Waals surface area contributed by atoms with Gasteiger partial charge in [0.2, 0.25) is 0 Å². The van der Waals surface area contributed by atoms with Gasteiger partial charge in [-0.3, -0.25) is 0 Å². The Morgan fingerprint density at radius 3 is 2.40 bits per heavy atom. The molecule has 4 N–H and O–H groups in total. The molecule has 1 aromatic rings. The fraction of sp³-hybridized carbons (Fsp3) is 0.333. The van der Waals surface area contributed by atoms with Gasteiger partial charge in [-0.1, -0.05) is 0 Å². The number of carboxylic acids is 1. The minimum atomic E-state index is -1.57. The van der Waals surface area contributed by atoms with Crippen LogP contribution in [0.5, 0.6) is 11.5 Å². The van der Waals surface area contributed by atoms with Crippen LogP contribution in [0, 0.1) is 0 Å². The molecule has 0 saturated heterocycles. The van der Waals surface area contributed by atoms with Crippen LogP contribution in [0.2, 0.25) is 0 Å². The summed E-state index contributed by atoms with van der Waals surface area (Å²) in [4.78, 5) is 22.7. The Labute approximate surface area is 113 Å². The molecule has 0 bridgehead atoms. The predicted octanol–water partition coefficient (Wildman–Crippen LogP) is -0.0383. The summed E-state index contributed by atoms with van der Waals surface area (Å²) < 4.78 is 9.62. The molecule has 0 aliphatic heterocycles. The zero-order valence-electron chi connectivity index (χ0n) is 10.4. The number of carbonyl (C=O) groups excluding carboxylic acids is 1. The third-order valence-electron chi connectivity index (χ3n) is 2.29. The summed E-state index contributed by atoms with van der Waals surface area (Å²) in [6, 6.07) is 2.02. The number of esters is 1. The first-order valence-electron chi connectivity index (χ1n) is 5.63. The molecule has 0 heterocycles. The third kappa shape index (κ3) is 3.84. The summed E-state index contributed by atoms with van der Waals surface area (Å²) in [6.45, 7) is -0.167. The monoisotopic (exact) mass is 286 g/mol. The first-order valence-corrected chi connectivity index (χ1v) is 5.63. The van der Waals surface area contributed by atoms with Crippen molar-refractivity contribution in [3.63, 3.8) is 0 Å². The molecular formula is C12H14O8. The molecule has 0 amide bonds. The lowest BCUT2D eigenvalue weighted by molar-refractivity contribution is 0.0254. The standard InChI is InChI=1S/C12H14O8/c13-3-4-19-5-6-20-12(18)7-1-2-8(14)10(15)9(7)11(16)17/h1-2,13-15H,3-6H2,(H,16,17). The number of rotatable bonds is 7. The van der Waals surface area contributed by atoms with E-state index in [-0.39, 0.29) is 32.0 Å². The minimum absolute atomic E-state index is 0.0404. The maximum atomic E-state index is 11.7. The number of benzene rings is 1. The molecule has 0 aliphatic rings. The van der Waals surface area contributed by atoms with Crippen LogP contribution in [0.1, 0.15) is 20.7 Å². The molecule has 20 heavy (non-hydrogen) atoms. The molecule has 8 nitrogen and oxygen atoms in total. The highest BCUT2D eigenvalue weighted by atomic mass is 16.6. The van der Waals surface area contributed by atoms with Gasteiger partial charge in [0.25, 0.3) is 0 Å². The number of aromatic carboxylic acids is 1. The summed E-state index contributed by atoms with van der Waals surface area (Å²) in [7, 11) is 0. The van der Waals surface area contributed by atoms with Gasteiger partial charge in [0, 0.05) is 0 Å². The van der Waals surface area contributed by atoms with Crippen LogP contribution in [0.25, 0.3) is 0 Å². The van der Waals surface area contributed by atoms with Crippen LogP contribution in [0.15, 0.2) is 12.1 Å². The normalized spacial score (nSPS) is 10.2. The highest BCUT2D eigenvalue weighted by Gasteiger charge is 2.24. The highest BCUT2D eigenvalue weighted by molar-refractivity contribution is 6.05. The Kier molecular flexibility index (Phi) is 5.75. The Hall–Kier alpha value is -2.32. The molecule has 0 radical (unpaired) electrons. The number of aromatic hydroxyl groups is 2. The van der Waals surface area contributed by atoms with Gasteiger partial charge in [-0.05, 0) is 12.1 Å². The van der Waals surface area contributed by atoms with Crippen LogP contribution >= 0.6 is 0 Å². The van der Waals surface area contributed by atoms with Crippen molar-refractivity contribution >= 4 is 11.9 Å². The van der Waals surface area contributed by atoms with E-state index in [4.69, 9.17) is 19.7 Å². The van der Waals surface area contributed by atoms with Crippen molar-refractivity contribution in [1.29, 1.82) is 0 Å². The molecule has 0 unspecified atom stereocenters. The van der Waals surface area contributed by atoms with Crippen molar-refractivity contribution in [2.24, 2.45) is 0 Å². The number of hydrogen-bond donors (Lipinski definition) is 4. The quantitative estimate of drug-likeness (QED) is 0.312. The molecule has 0 fully saturated rings. The zero-order valence-corrected chi connectivity index (χ0v) is 10.4. The second kappa shape index (κ2) is 7.31. The Balaban J connectivity index is 2.78. The lowest BCUT2D eigenvalue weighted by atomic mass is 10.1. The van der Waals surface area contributed by atoms with Crippen molar-refractivity contribution in [2.45, 2.75) is 0 Å². The van der Waals surface area contributed by atoms with Gasteiger partial charge in [0.15, 0.2) is 11.5 Å². The van der Waals surface area contributed by atoms with Gasteiger partial charge in [-0.25, -0.2) is 9.59 Å². The minimum Gasteiger partial charge on any atom is -0.504 e. The number of aliphatic hydroxyl groups is 1. The van der Waals surface area contributed by atoms with Gasteiger partial charge < -0.3 is 29.9 Å². The molecule has 1 rings (SSSR count).